The second-order valence-electron chi connectivity index (χ2n) is 4.31. The Labute approximate surface area is 108 Å². The molecule has 0 bridgehead atoms. The molecule has 1 amide bonds. The van der Waals surface area contributed by atoms with Crippen LogP contribution in [0.2, 0.25) is 0 Å². The summed E-state index contributed by atoms with van der Waals surface area (Å²) in [6.07, 6.45) is 0. The van der Waals surface area contributed by atoms with Crippen molar-refractivity contribution >= 4 is 21.8 Å². The molecule has 1 saturated heterocycles. The van der Waals surface area contributed by atoms with Crippen molar-refractivity contribution < 1.29 is 9.53 Å². The molecule has 0 aromatic heterocycles. The van der Waals surface area contributed by atoms with Crippen molar-refractivity contribution in [1.82, 2.24) is 10.2 Å². The van der Waals surface area contributed by atoms with Gasteiger partial charge < -0.3 is 15.0 Å². The van der Waals surface area contributed by atoms with E-state index in [1.807, 2.05) is 23.1 Å². The van der Waals surface area contributed by atoms with E-state index in [9.17, 15) is 4.79 Å². The maximum Gasteiger partial charge on any atom is 0.258 e. The van der Waals surface area contributed by atoms with Crippen molar-refractivity contribution in [3.05, 3.63) is 28.2 Å². The number of halogens is 1. The normalized spacial score (nSPS) is 23.5. The predicted molar refractivity (Wildman–Crippen MR) is 67.3 cm³/mol. The third-order valence-corrected chi connectivity index (χ3v) is 3.71. The summed E-state index contributed by atoms with van der Waals surface area (Å²) in [7, 11) is 0. The van der Waals surface area contributed by atoms with Crippen molar-refractivity contribution in [2.45, 2.75) is 6.04 Å². The molecule has 2 aliphatic heterocycles. The number of fused-ring (bicyclic) bond motifs is 2. The first-order valence-electron chi connectivity index (χ1n) is 5.70. The number of benzene rings is 1. The van der Waals surface area contributed by atoms with E-state index >= 15 is 0 Å². The number of carbonyl (C=O) groups excluding carboxylic acids is 1. The Bertz CT molecular complexity index is 464. The molecule has 17 heavy (non-hydrogen) atoms. The van der Waals surface area contributed by atoms with E-state index in [2.05, 4.69) is 21.2 Å². The second kappa shape index (κ2) is 4.31. The number of ether oxygens (including phenoxy) is 1. The molecule has 1 aromatic rings. The molecule has 2 heterocycles. The summed E-state index contributed by atoms with van der Waals surface area (Å²) in [6, 6.07) is 5.72. The molecular formula is C12H13BrN2O2. The molecule has 4 nitrogen and oxygen atoms in total. The molecular weight excluding hydrogens is 284 g/mol. The van der Waals surface area contributed by atoms with Gasteiger partial charge in [-0.1, -0.05) is 15.9 Å². The summed E-state index contributed by atoms with van der Waals surface area (Å²) in [5.74, 6) is 0.762. The van der Waals surface area contributed by atoms with E-state index in [0.29, 0.717) is 17.9 Å². The highest BCUT2D eigenvalue weighted by atomic mass is 79.9. The third kappa shape index (κ3) is 1.93. The van der Waals surface area contributed by atoms with Crippen molar-refractivity contribution in [3.63, 3.8) is 0 Å². The summed E-state index contributed by atoms with van der Waals surface area (Å²) in [5.41, 5.74) is 0.656. The Morgan fingerprint density at radius 3 is 3.24 bits per heavy atom. The second-order valence-corrected chi connectivity index (χ2v) is 5.22. The molecule has 1 N–H and O–H groups in total. The van der Waals surface area contributed by atoms with Gasteiger partial charge in [0.05, 0.1) is 11.6 Å². The van der Waals surface area contributed by atoms with Crippen LogP contribution in [0.1, 0.15) is 10.4 Å². The van der Waals surface area contributed by atoms with Gasteiger partial charge in [-0.15, -0.1) is 0 Å². The number of hydrogen-bond acceptors (Lipinski definition) is 3. The molecule has 0 spiro atoms. The Morgan fingerprint density at radius 1 is 1.47 bits per heavy atom. The number of piperazine rings is 1. The number of carbonyl (C=O) groups is 1. The highest BCUT2D eigenvalue weighted by Gasteiger charge is 2.32. The first kappa shape index (κ1) is 11.0. The zero-order valence-electron chi connectivity index (χ0n) is 9.28. The average molecular weight is 297 g/mol. The van der Waals surface area contributed by atoms with Gasteiger partial charge >= 0.3 is 0 Å². The van der Waals surface area contributed by atoms with Crippen LogP contribution in [0.15, 0.2) is 22.7 Å². The molecule has 0 saturated carbocycles. The van der Waals surface area contributed by atoms with Gasteiger partial charge in [-0.2, -0.15) is 0 Å². The first-order chi connectivity index (χ1) is 8.25. The number of amides is 1. The predicted octanol–water partition coefficient (Wildman–Crippen LogP) is 1.26. The minimum Gasteiger partial charge on any atom is -0.491 e. The minimum absolute atomic E-state index is 0.0744. The molecule has 0 aliphatic carbocycles. The molecule has 1 aromatic carbocycles. The van der Waals surface area contributed by atoms with E-state index in [1.54, 1.807) is 0 Å². The summed E-state index contributed by atoms with van der Waals surface area (Å²) >= 11 is 3.39. The summed E-state index contributed by atoms with van der Waals surface area (Å²) < 4.78 is 6.62. The smallest absolute Gasteiger partial charge is 0.258 e. The topological polar surface area (TPSA) is 41.6 Å². The van der Waals surface area contributed by atoms with Crippen LogP contribution in [0.3, 0.4) is 0 Å². The van der Waals surface area contributed by atoms with Crippen LogP contribution in [0.5, 0.6) is 5.75 Å². The SMILES string of the molecule is O=C1c2cc(Br)ccc2OCC2CNCCN12. The lowest BCUT2D eigenvalue weighted by atomic mass is 10.1. The van der Waals surface area contributed by atoms with Gasteiger partial charge in [0.15, 0.2) is 0 Å². The molecule has 90 valence electrons. The van der Waals surface area contributed by atoms with Crippen molar-refractivity contribution in [2.24, 2.45) is 0 Å². The van der Waals surface area contributed by atoms with Crippen molar-refractivity contribution in [1.29, 1.82) is 0 Å². The fourth-order valence-corrected chi connectivity index (χ4v) is 2.67. The Kier molecular flexibility index (Phi) is 2.80. The average Bonchev–Trinajstić information content (AvgIpc) is 2.49. The number of rotatable bonds is 0. The molecule has 1 atom stereocenters. The van der Waals surface area contributed by atoms with Gasteiger partial charge in [0, 0.05) is 24.1 Å². The van der Waals surface area contributed by atoms with E-state index in [0.717, 1.165) is 24.1 Å². The Balaban J connectivity index is 2.01. The van der Waals surface area contributed by atoms with Crippen LogP contribution in [0.4, 0.5) is 0 Å². The quantitative estimate of drug-likeness (QED) is 0.784. The monoisotopic (exact) mass is 296 g/mol. The van der Waals surface area contributed by atoms with Gasteiger partial charge in [0.2, 0.25) is 0 Å². The lowest BCUT2D eigenvalue weighted by Crippen LogP contribution is -2.54. The minimum atomic E-state index is 0.0744. The zero-order valence-corrected chi connectivity index (χ0v) is 10.9. The maximum atomic E-state index is 12.4. The van der Waals surface area contributed by atoms with Gasteiger partial charge in [-0.3, -0.25) is 4.79 Å². The van der Waals surface area contributed by atoms with Crippen LogP contribution in [-0.2, 0) is 0 Å². The van der Waals surface area contributed by atoms with E-state index in [1.165, 1.54) is 0 Å². The van der Waals surface area contributed by atoms with Crippen molar-refractivity contribution in [3.8, 4) is 5.75 Å². The molecule has 1 fully saturated rings. The van der Waals surface area contributed by atoms with E-state index < -0.39 is 0 Å². The third-order valence-electron chi connectivity index (χ3n) is 3.21. The van der Waals surface area contributed by atoms with Crippen LogP contribution in [0, 0.1) is 0 Å². The lowest BCUT2D eigenvalue weighted by molar-refractivity contribution is 0.0606. The standard InChI is InChI=1S/C12H13BrN2O2/c13-8-1-2-11-10(5-8)12(16)15-4-3-14-6-9(15)7-17-11/h1-2,5,9,14H,3-4,6-7H2. The first-order valence-corrected chi connectivity index (χ1v) is 6.49. The fraction of sp³-hybridized carbons (Fsp3) is 0.417. The van der Waals surface area contributed by atoms with Gasteiger partial charge in [-0.05, 0) is 18.2 Å². The van der Waals surface area contributed by atoms with Crippen LogP contribution in [-0.4, -0.2) is 43.1 Å². The highest BCUT2D eigenvalue weighted by molar-refractivity contribution is 9.10. The number of nitrogens with one attached hydrogen (secondary N) is 1. The zero-order chi connectivity index (χ0) is 11.8. The van der Waals surface area contributed by atoms with E-state index in [-0.39, 0.29) is 11.9 Å². The van der Waals surface area contributed by atoms with Crippen molar-refractivity contribution in [2.75, 3.05) is 26.2 Å². The molecule has 3 rings (SSSR count). The fourth-order valence-electron chi connectivity index (χ4n) is 2.31. The molecule has 1 unspecified atom stereocenters. The molecule has 5 heteroatoms. The summed E-state index contributed by atoms with van der Waals surface area (Å²) in [6.45, 7) is 2.97. The largest absolute Gasteiger partial charge is 0.491 e. The number of nitrogens with zero attached hydrogens (tertiary/aromatic N) is 1. The van der Waals surface area contributed by atoms with E-state index in [4.69, 9.17) is 4.74 Å². The van der Waals surface area contributed by atoms with Gasteiger partial charge in [0.1, 0.15) is 12.4 Å². The Hall–Kier alpha value is -1.07. The molecule has 0 radical (unpaired) electrons. The van der Waals surface area contributed by atoms with Gasteiger partial charge in [0.25, 0.3) is 5.91 Å². The van der Waals surface area contributed by atoms with Crippen LogP contribution < -0.4 is 10.1 Å². The number of hydrogen-bond donors (Lipinski definition) is 1. The lowest BCUT2D eigenvalue weighted by Gasteiger charge is -2.33. The highest BCUT2D eigenvalue weighted by Crippen LogP contribution is 2.28. The summed E-state index contributed by atoms with van der Waals surface area (Å²) in [5, 5.41) is 3.29. The maximum absolute atomic E-state index is 12.4. The van der Waals surface area contributed by atoms with Gasteiger partial charge in [-0.25, -0.2) is 0 Å². The van der Waals surface area contributed by atoms with Crippen LogP contribution >= 0.6 is 15.9 Å². The molecule has 2 aliphatic rings. The summed E-state index contributed by atoms with van der Waals surface area (Å²) in [4.78, 5) is 14.3. The van der Waals surface area contributed by atoms with Crippen LogP contribution in [0.25, 0.3) is 0 Å². The Morgan fingerprint density at radius 2 is 2.35 bits per heavy atom.